The van der Waals surface area contributed by atoms with E-state index >= 15 is 0 Å². The van der Waals surface area contributed by atoms with Crippen LogP contribution in [-0.4, -0.2) is 10.8 Å². The van der Waals surface area contributed by atoms with Crippen LogP contribution in [0.25, 0.3) is 17.0 Å². The number of rotatable bonds is 3. The number of aryl methyl sites for hydroxylation is 2. The maximum atomic E-state index is 12.4. The van der Waals surface area contributed by atoms with E-state index in [1.165, 1.54) is 5.56 Å². The molecule has 2 heteroatoms. The van der Waals surface area contributed by atoms with Crippen molar-refractivity contribution >= 4 is 22.8 Å². The van der Waals surface area contributed by atoms with Crippen molar-refractivity contribution in [2.45, 2.75) is 20.8 Å². The standard InChI is InChI=1S/C21H19NO/c1-14-12-18(13-15(2)16(14)3)21(23)11-10-19-9-8-17-6-4-5-7-20(17)22-19/h4-13H,1-3H3/b11-10+. The summed E-state index contributed by atoms with van der Waals surface area (Å²) in [6, 6.07) is 15.8. The maximum absolute atomic E-state index is 12.4. The van der Waals surface area contributed by atoms with Crippen LogP contribution in [-0.2, 0) is 0 Å². The predicted molar refractivity (Wildman–Crippen MR) is 95.8 cm³/mol. The summed E-state index contributed by atoms with van der Waals surface area (Å²) in [5.74, 6) is 0.00570. The minimum absolute atomic E-state index is 0.00570. The fraction of sp³-hybridized carbons (Fsp3) is 0.143. The van der Waals surface area contributed by atoms with Crippen LogP contribution in [0.3, 0.4) is 0 Å². The van der Waals surface area contributed by atoms with Gasteiger partial charge in [0.05, 0.1) is 11.2 Å². The molecule has 0 saturated heterocycles. The number of para-hydroxylation sites is 1. The zero-order valence-corrected chi connectivity index (χ0v) is 13.6. The molecular formula is C21H19NO. The lowest BCUT2D eigenvalue weighted by atomic mass is 9.98. The molecule has 0 fully saturated rings. The first-order chi connectivity index (χ1) is 11.0. The van der Waals surface area contributed by atoms with E-state index in [1.54, 1.807) is 12.2 Å². The van der Waals surface area contributed by atoms with Gasteiger partial charge < -0.3 is 0 Å². The Balaban J connectivity index is 1.87. The van der Waals surface area contributed by atoms with Gasteiger partial charge in [-0.1, -0.05) is 24.3 Å². The summed E-state index contributed by atoms with van der Waals surface area (Å²) in [6.07, 6.45) is 3.37. The molecule has 0 radical (unpaired) electrons. The molecule has 1 aromatic heterocycles. The quantitative estimate of drug-likeness (QED) is 0.500. The van der Waals surface area contributed by atoms with Gasteiger partial charge in [0.1, 0.15) is 0 Å². The second-order valence-electron chi connectivity index (χ2n) is 5.86. The van der Waals surface area contributed by atoms with Crippen molar-refractivity contribution in [1.29, 1.82) is 0 Å². The Morgan fingerprint density at radius 1 is 0.957 bits per heavy atom. The molecule has 0 aliphatic rings. The van der Waals surface area contributed by atoms with Gasteiger partial charge in [-0.15, -0.1) is 0 Å². The average molecular weight is 301 g/mol. The zero-order valence-electron chi connectivity index (χ0n) is 13.6. The Hall–Kier alpha value is -2.74. The molecule has 0 spiro atoms. The molecule has 0 N–H and O–H groups in total. The minimum atomic E-state index is 0.00570. The molecule has 114 valence electrons. The molecule has 2 aromatic carbocycles. The van der Waals surface area contributed by atoms with Crippen LogP contribution in [0, 0.1) is 20.8 Å². The van der Waals surface area contributed by atoms with Gasteiger partial charge in [0.25, 0.3) is 0 Å². The van der Waals surface area contributed by atoms with Gasteiger partial charge in [0, 0.05) is 10.9 Å². The van der Waals surface area contributed by atoms with E-state index in [0.29, 0.717) is 0 Å². The average Bonchev–Trinajstić information content (AvgIpc) is 2.56. The Kier molecular flexibility index (Phi) is 4.07. The number of aromatic nitrogens is 1. The van der Waals surface area contributed by atoms with Crippen LogP contribution >= 0.6 is 0 Å². The van der Waals surface area contributed by atoms with Gasteiger partial charge in [0.2, 0.25) is 0 Å². The number of ketones is 1. The highest BCUT2D eigenvalue weighted by molar-refractivity contribution is 6.07. The summed E-state index contributed by atoms with van der Waals surface area (Å²) < 4.78 is 0. The number of carbonyl (C=O) groups excluding carboxylic acids is 1. The van der Waals surface area contributed by atoms with Crippen molar-refractivity contribution in [1.82, 2.24) is 4.98 Å². The maximum Gasteiger partial charge on any atom is 0.185 e. The molecule has 0 aliphatic carbocycles. The van der Waals surface area contributed by atoms with E-state index < -0.39 is 0 Å². The van der Waals surface area contributed by atoms with Crippen LogP contribution < -0.4 is 0 Å². The predicted octanol–water partition coefficient (Wildman–Crippen LogP) is 5.06. The molecule has 1 heterocycles. The van der Waals surface area contributed by atoms with E-state index in [1.807, 2.05) is 62.4 Å². The highest BCUT2D eigenvalue weighted by Gasteiger charge is 2.06. The van der Waals surface area contributed by atoms with Crippen molar-refractivity contribution in [3.63, 3.8) is 0 Å². The molecule has 23 heavy (non-hydrogen) atoms. The lowest BCUT2D eigenvalue weighted by Gasteiger charge is -2.06. The van der Waals surface area contributed by atoms with Gasteiger partial charge in [-0.05, 0) is 73.9 Å². The zero-order chi connectivity index (χ0) is 16.4. The summed E-state index contributed by atoms with van der Waals surface area (Å²) in [6.45, 7) is 6.15. The van der Waals surface area contributed by atoms with Crippen LogP contribution in [0.4, 0.5) is 0 Å². The second kappa shape index (κ2) is 6.17. The molecule has 0 unspecified atom stereocenters. The molecule has 0 saturated carbocycles. The van der Waals surface area contributed by atoms with E-state index in [4.69, 9.17) is 0 Å². The summed E-state index contributed by atoms with van der Waals surface area (Å²) in [7, 11) is 0. The van der Waals surface area contributed by atoms with Crippen molar-refractivity contribution in [2.24, 2.45) is 0 Å². The number of fused-ring (bicyclic) bond motifs is 1. The summed E-state index contributed by atoms with van der Waals surface area (Å²) in [5, 5.41) is 1.10. The van der Waals surface area contributed by atoms with Crippen molar-refractivity contribution in [3.8, 4) is 0 Å². The highest BCUT2D eigenvalue weighted by Crippen LogP contribution is 2.17. The molecule has 3 rings (SSSR count). The van der Waals surface area contributed by atoms with Crippen LogP contribution in [0.5, 0.6) is 0 Å². The van der Waals surface area contributed by atoms with Crippen molar-refractivity contribution in [2.75, 3.05) is 0 Å². The lowest BCUT2D eigenvalue weighted by Crippen LogP contribution is -1.98. The molecule has 0 aliphatic heterocycles. The Bertz CT molecular complexity index is 899. The van der Waals surface area contributed by atoms with Gasteiger partial charge in [0.15, 0.2) is 5.78 Å². The second-order valence-corrected chi connectivity index (χ2v) is 5.86. The summed E-state index contributed by atoms with van der Waals surface area (Å²) in [4.78, 5) is 16.9. The van der Waals surface area contributed by atoms with Gasteiger partial charge in [-0.25, -0.2) is 4.98 Å². The molecule has 0 amide bonds. The molecule has 3 aromatic rings. The Labute approximate surface area is 136 Å². The summed E-state index contributed by atoms with van der Waals surface area (Å²) in [5.41, 5.74) is 5.97. The van der Waals surface area contributed by atoms with Gasteiger partial charge in [-0.3, -0.25) is 4.79 Å². The van der Waals surface area contributed by atoms with E-state index in [9.17, 15) is 4.79 Å². The van der Waals surface area contributed by atoms with Crippen molar-refractivity contribution < 1.29 is 4.79 Å². The number of nitrogens with zero attached hydrogens (tertiary/aromatic N) is 1. The fourth-order valence-electron chi connectivity index (χ4n) is 2.61. The monoisotopic (exact) mass is 301 g/mol. The first-order valence-electron chi connectivity index (χ1n) is 7.70. The first kappa shape index (κ1) is 15.2. The molecular weight excluding hydrogens is 282 g/mol. The van der Waals surface area contributed by atoms with Crippen LogP contribution in [0.2, 0.25) is 0 Å². The van der Waals surface area contributed by atoms with Crippen molar-refractivity contribution in [3.05, 3.63) is 82.6 Å². The normalized spacial score (nSPS) is 11.3. The third-order valence-corrected chi connectivity index (χ3v) is 4.24. The number of pyridine rings is 1. The first-order valence-corrected chi connectivity index (χ1v) is 7.70. The van der Waals surface area contributed by atoms with Gasteiger partial charge >= 0.3 is 0 Å². The third kappa shape index (κ3) is 3.21. The number of allylic oxidation sites excluding steroid dienone is 1. The number of benzene rings is 2. The van der Waals surface area contributed by atoms with E-state index in [2.05, 4.69) is 11.9 Å². The number of hydrogen-bond acceptors (Lipinski definition) is 2. The van der Waals surface area contributed by atoms with Gasteiger partial charge in [-0.2, -0.15) is 0 Å². The third-order valence-electron chi connectivity index (χ3n) is 4.24. The van der Waals surface area contributed by atoms with E-state index in [-0.39, 0.29) is 5.78 Å². The fourth-order valence-corrected chi connectivity index (χ4v) is 2.61. The van der Waals surface area contributed by atoms with Crippen LogP contribution in [0.15, 0.2) is 54.6 Å². The topological polar surface area (TPSA) is 30.0 Å². The highest BCUT2D eigenvalue weighted by atomic mass is 16.1. The molecule has 0 atom stereocenters. The minimum Gasteiger partial charge on any atom is -0.289 e. The smallest absolute Gasteiger partial charge is 0.185 e. The molecule has 0 bridgehead atoms. The lowest BCUT2D eigenvalue weighted by molar-refractivity contribution is 0.104. The van der Waals surface area contributed by atoms with E-state index in [0.717, 1.165) is 33.3 Å². The molecule has 2 nitrogen and oxygen atoms in total. The summed E-state index contributed by atoms with van der Waals surface area (Å²) >= 11 is 0. The number of carbonyl (C=O) groups is 1. The Morgan fingerprint density at radius 2 is 1.65 bits per heavy atom. The van der Waals surface area contributed by atoms with Crippen LogP contribution in [0.1, 0.15) is 32.7 Å². The SMILES string of the molecule is Cc1cc(C(=O)/C=C/c2ccc3ccccc3n2)cc(C)c1C. The largest absolute Gasteiger partial charge is 0.289 e. The Morgan fingerprint density at radius 3 is 2.39 bits per heavy atom. The number of hydrogen-bond donors (Lipinski definition) is 0.